The highest BCUT2D eigenvalue weighted by Gasteiger charge is 2.10. The maximum atomic E-state index is 13.0. The molecule has 1 aromatic heterocycles. The van der Waals surface area contributed by atoms with Gasteiger partial charge in [0.15, 0.2) is 0 Å². The first kappa shape index (κ1) is 15.4. The van der Waals surface area contributed by atoms with Crippen LogP contribution in [0.25, 0.3) is 5.69 Å². The zero-order chi connectivity index (χ0) is 16.2. The Bertz CT molecular complexity index is 816. The molecule has 0 saturated heterocycles. The predicted molar refractivity (Wildman–Crippen MR) is 88.8 cm³/mol. The van der Waals surface area contributed by atoms with Gasteiger partial charge in [-0.1, -0.05) is 12.1 Å². The highest BCUT2D eigenvalue weighted by Crippen LogP contribution is 2.18. The van der Waals surface area contributed by atoms with Crippen molar-refractivity contribution in [2.75, 3.05) is 0 Å². The van der Waals surface area contributed by atoms with Crippen molar-refractivity contribution in [3.8, 4) is 5.69 Å². The fourth-order valence-corrected chi connectivity index (χ4v) is 2.67. The van der Waals surface area contributed by atoms with Crippen LogP contribution in [0, 0.1) is 5.82 Å². The lowest BCUT2D eigenvalue weighted by molar-refractivity contribution is 0.0950. The van der Waals surface area contributed by atoms with Gasteiger partial charge in [0, 0.05) is 23.4 Å². The van der Waals surface area contributed by atoms with Crippen LogP contribution in [0.2, 0.25) is 0 Å². The van der Waals surface area contributed by atoms with Gasteiger partial charge in [0.2, 0.25) is 0 Å². The van der Waals surface area contributed by atoms with Crippen LogP contribution in [0.5, 0.6) is 0 Å². The van der Waals surface area contributed by atoms with Crippen molar-refractivity contribution in [1.82, 2.24) is 15.1 Å². The van der Waals surface area contributed by atoms with Crippen LogP contribution in [0.15, 0.2) is 65.4 Å². The molecule has 0 atom stereocenters. The normalized spacial score (nSPS) is 10.5. The summed E-state index contributed by atoms with van der Waals surface area (Å²) in [4.78, 5) is 12.1. The molecule has 2 aromatic carbocycles. The van der Waals surface area contributed by atoms with E-state index in [1.54, 1.807) is 10.9 Å². The van der Waals surface area contributed by atoms with E-state index in [-0.39, 0.29) is 11.7 Å². The second-order valence-electron chi connectivity index (χ2n) is 4.92. The number of carbonyl (C=O) groups excluding carboxylic acids is 1. The number of nitrogens with zero attached hydrogens (tertiary/aromatic N) is 2. The summed E-state index contributed by atoms with van der Waals surface area (Å²) in [5.41, 5.74) is 2.32. The smallest absolute Gasteiger partial charge is 0.252 e. The minimum absolute atomic E-state index is 0.256. The molecule has 1 heterocycles. The van der Waals surface area contributed by atoms with Crippen molar-refractivity contribution >= 4 is 21.8 Å². The Labute approximate surface area is 141 Å². The van der Waals surface area contributed by atoms with Crippen molar-refractivity contribution < 1.29 is 9.18 Å². The molecule has 0 aliphatic carbocycles. The number of rotatable bonds is 4. The maximum Gasteiger partial charge on any atom is 0.252 e. The zero-order valence-corrected chi connectivity index (χ0v) is 13.6. The molecule has 3 rings (SSSR count). The highest BCUT2D eigenvalue weighted by molar-refractivity contribution is 9.10. The van der Waals surface area contributed by atoms with Gasteiger partial charge in [-0.15, -0.1) is 0 Å². The number of carbonyl (C=O) groups is 1. The van der Waals surface area contributed by atoms with Crippen LogP contribution >= 0.6 is 15.9 Å². The second kappa shape index (κ2) is 6.75. The van der Waals surface area contributed by atoms with Gasteiger partial charge < -0.3 is 5.32 Å². The van der Waals surface area contributed by atoms with Crippen molar-refractivity contribution in [3.63, 3.8) is 0 Å². The summed E-state index contributed by atoms with van der Waals surface area (Å²) >= 11 is 3.19. The van der Waals surface area contributed by atoms with E-state index in [1.807, 2.05) is 36.5 Å². The quantitative estimate of drug-likeness (QED) is 0.757. The molecule has 0 radical (unpaired) electrons. The summed E-state index contributed by atoms with van der Waals surface area (Å²) in [6.07, 6.45) is 3.58. The molecule has 0 aliphatic rings. The maximum absolute atomic E-state index is 13.0. The van der Waals surface area contributed by atoms with Gasteiger partial charge in [-0.05, 0) is 57.9 Å². The predicted octanol–water partition coefficient (Wildman–Crippen LogP) is 3.70. The average Bonchev–Trinajstić information content (AvgIpc) is 3.07. The molecule has 0 unspecified atom stereocenters. The largest absolute Gasteiger partial charge is 0.348 e. The van der Waals surface area contributed by atoms with E-state index >= 15 is 0 Å². The van der Waals surface area contributed by atoms with Gasteiger partial charge in [-0.2, -0.15) is 5.10 Å². The Kier molecular flexibility index (Phi) is 4.52. The Morgan fingerprint density at radius 3 is 2.65 bits per heavy atom. The van der Waals surface area contributed by atoms with E-state index in [1.165, 1.54) is 18.2 Å². The molecule has 0 fully saturated rings. The third-order valence-corrected chi connectivity index (χ3v) is 3.99. The van der Waals surface area contributed by atoms with Gasteiger partial charge in [-0.3, -0.25) is 4.79 Å². The fraction of sp³-hybridized carbons (Fsp3) is 0.0588. The van der Waals surface area contributed by atoms with E-state index in [9.17, 15) is 9.18 Å². The second-order valence-corrected chi connectivity index (χ2v) is 5.78. The Morgan fingerprint density at radius 1 is 1.22 bits per heavy atom. The van der Waals surface area contributed by atoms with Crippen molar-refractivity contribution in [2.24, 2.45) is 0 Å². The number of benzene rings is 2. The van der Waals surface area contributed by atoms with Crippen molar-refractivity contribution in [2.45, 2.75) is 6.54 Å². The first-order chi connectivity index (χ1) is 11.1. The van der Waals surface area contributed by atoms with E-state index in [0.29, 0.717) is 16.6 Å². The third kappa shape index (κ3) is 3.65. The van der Waals surface area contributed by atoms with E-state index in [4.69, 9.17) is 0 Å². The SMILES string of the molecule is O=C(NCc1ccc(-n2cccn2)cc1)c1ccc(F)cc1Br. The molecule has 0 aliphatic heterocycles. The van der Waals surface area contributed by atoms with Crippen LogP contribution in [0.1, 0.15) is 15.9 Å². The molecule has 0 saturated carbocycles. The Balaban J connectivity index is 1.65. The molecule has 1 N–H and O–H groups in total. The molecule has 6 heteroatoms. The van der Waals surface area contributed by atoms with Gasteiger partial charge in [0.25, 0.3) is 5.91 Å². The summed E-state index contributed by atoms with van der Waals surface area (Å²) < 4.78 is 15.2. The van der Waals surface area contributed by atoms with Gasteiger partial charge in [0.1, 0.15) is 5.82 Å². The van der Waals surface area contributed by atoms with Crippen LogP contribution in [-0.2, 0) is 6.54 Å². The van der Waals surface area contributed by atoms with Crippen LogP contribution < -0.4 is 5.32 Å². The number of nitrogens with one attached hydrogen (secondary N) is 1. The average molecular weight is 374 g/mol. The van der Waals surface area contributed by atoms with Gasteiger partial charge in [-0.25, -0.2) is 9.07 Å². The lowest BCUT2D eigenvalue weighted by Crippen LogP contribution is -2.23. The van der Waals surface area contributed by atoms with Crippen LogP contribution in [-0.4, -0.2) is 15.7 Å². The monoisotopic (exact) mass is 373 g/mol. The third-order valence-electron chi connectivity index (χ3n) is 3.33. The fourth-order valence-electron chi connectivity index (χ4n) is 2.14. The minimum Gasteiger partial charge on any atom is -0.348 e. The number of amides is 1. The molecular weight excluding hydrogens is 361 g/mol. The lowest BCUT2D eigenvalue weighted by Gasteiger charge is -2.08. The standard InChI is InChI=1S/C17H13BrFN3O/c18-16-10-13(19)4-7-15(16)17(23)20-11-12-2-5-14(6-3-12)22-9-1-8-21-22/h1-10H,11H2,(H,20,23). The van der Waals surface area contributed by atoms with E-state index in [0.717, 1.165) is 11.3 Å². The number of hydrogen-bond acceptors (Lipinski definition) is 2. The van der Waals surface area contributed by atoms with Gasteiger partial charge >= 0.3 is 0 Å². The van der Waals surface area contributed by atoms with Gasteiger partial charge in [0.05, 0.1) is 11.3 Å². The molecule has 116 valence electrons. The summed E-state index contributed by atoms with van der Waals surface area (Å²) in [7, 11) is 0. The van der Waals surface area contributed by atoms with Crippen LogP contribution in [0.3, 0.4) is 0 Å². The van der Waals surface area contributed by atoms with Crippen LogP contribution in [0.4, 0.5) is 4.39 Å². The minimum atomic E-state index is -0.386. The summed E-state index contributed by atoms with van der Waals surface area (Å²) in [5, 5.41) is 6.97. The number of hydrogen-bond donors (Lipinski definition) is 1. The lowest BCUT2D eigenvalue weighted by atomic mass is 10.2. The first-order valence-electron chi connectivity index (χ1n) is 6.96. The summed E-state index contributed by atoms with van der Waals surface area (Å²) in [6, 6.07) is 13.6. The zero-order valence-electron chi connectivity index (χ0n) is 12.0. The number of aromatic nitrogens is 2. The highest BCUT2D eigenvalue weighted by atomic mass is 79.9. The topological polar surface area (TPSA) is 46.9 Å². The molecule has 4 nitrogen and oxygen atoms in total. The number of halogens is 2. The van der Waals surface area contributed by atoms with Crippen molar-refractivity contribution in [1.29, 1.82) is 0 Å². The first-order valence-corrected chi connectivity index (χ1v) is 7.75. The van der Waals surface area contributed by atoms with E-state index < -0.39 is 0 Å². The molecule has 3 aromatic rings. The molecule has 23 heavy (non-hydrogen) atoms. The Hall–Kier alpha value is -2.47. The summed E-state index contributed by atoms with van der Waals surface area (Å²) in [5.74, 6) is -0.643. The molecular formula is C17H13BrFN3O. The molecule has 0 spiro atoms. The molecule has 1 amide bonds. The Morgan fingerprint density at radius 2 is 2.00 bits per heavy atom. The van der Waals surface area contributed by atoms with E-state index in [2.05, 4.69) is 26.3 Å². The van der Waals surface area contributed by atoms with Crippen molar-refractivity contribution in [3.05, 3.63) is 82.3 Å². The molecule has 0 bridgehead atoms. The summed E-state index contributed by atoms with van der Waals surface area (Å²) in [6.45, 7) is 0.391.